The predicted octanol–water partition coefficient (Wildman–Crippen LogP) is 5.91. The molecule has 1 unspecified atom stereocenters. The van der Waals surface area contributed by atoms with E-state index in [9.17, 15) is 8.94 Å². The summed E-state index contributed by atoms with van der Waals surface area (Å²) in [6.45, 7) is 0. The van der Waals surface area contributed by atoms with Crippen molar-refractivity contribution in [3.63, 3.8) is 0 Å². The molecule has 0 radical (unpaired) electrons. The van der Waals surface area contributed by atoms with Crippen molar-refractivity contribution in [2.45, 2.75) is 42.7 Å². The standard InChI is InChI=1S/C26H25ClFN5OS/c27-21-3-1-2-4-25(21)35(34)33-24-12-6-17(14-22(24)28)16-5-11-23-18(13-16)15-30-26(32-23)31-20-9-7-19(29)8-10-20/h1-6,11-15,19-20,33H,7-10,29H2,(H,30,31,32)/t19-,20-,35?. The first-order chi connectivity index (χ1) is 17.0. The van der Waals surface area contributed by atoms with Crippen LogP contribution in [0.1, 0.15) is 25.7 Å². The first kappa shape index (κ1) is 23.8. The minimum atomic E-state index is -1.68. The first-order valence-electron chi connectivity index (χ1n) is 11.5. The molecule has 4 aromatic rings. The lowest BCUT2D eigenvalue weighted by Gasteiger charge is -2.26. The largest absolute Gasteiger partial charge is 0.588 e. The Morgan fingerprint density at radius 1 is 1.00 bits per heavy atom. The lowest BCUT2D eigenvalue weighted by atomic mass is 9.92. The van der Waals surface area contributed by atoms with E-state index in [2.05, 4.69) is 20.0 Å². The molecule has 1 aliphatic rings. The highest BCUT2D eigenvalue weighted by molar-refractivity contribution is 7.92. The third-order valence-electron chi connectivity index (χ3n) is 6.23. The van der Waals surface area contributed by atoms with Crippen LogP contribution in [0.25, 0.3) is 22.0 Å². The molecule has 5 rings (SSSR count). The molecule has 1 aromatic heterocycles. The molecule has 9 heteroatoms. The Morgan fingerprint density at radius 3 is 2.51 bits per heavy atom. The van der Waals surface area contributed by atoms with Crippen LogP contribution in [0.5, 0.6) is 0 Å². The van der Waals surface area contributed by atoms with Crippen molar-refractivity contribution in [1.82, 2.24) is 9.97 Å². The van der Waals surface area contributed by atoms with Gasteiger partial charge < -0.3 is 15.6 Å². The van der Waals surface area contributed by atoms with E-state index < -0.39 is 17.2 Å². The van der Waals surface area contributed by atoms with Crippen LogP contribution in [0.3, 0.4) is 0 Å². The van der Waals surface area contributed by atoms with Gasteiger partial charge >= 0.3 is 0 Å². The van der Waals surface area contributed by atoms with Crippen molar-refractivity contribution in [3.8, 4) is 11.1 Å². The third-order valence-corrected chi connectivity index (χ3v) is 7.83. The molecule has 0 amide bonds. The van der Waals surface area contributed by atoms with E-state index >= 15 is 0 Å². The van der Waals surface area contributed by atoms with Gasteiger partial charge in [-0.05, 0) is 73.2 Å². The van der Waals surface area contributed by atoms with E-state index in [0.29, 0.717) is 33.5 Å². The fraction of sp³-hybridized carbons (Fsp3) is 0.231. The second kappa shape index (κ2) is 10.4. The summed E-state index contributed by atoms with van der Waals surface area (Å²) in [5.74, 6) is 0.102. The normalized spacial score (nSPS) is 18.9. The van der Waals surface area contributed by atoms with Gasteiger partial charge in [-0.1, -0.05) is 35.9 Å². The minimum absolute atomic E-state index is 0.135. The number of anilines is 2. The number of nitrogens with zero attached hydrogens (tertiary/aromatic N) is 2. The summed E-state index contributed by atoms with van der Waals surface area (Å²) in [6, 6.07) is 17.9. The average molecular weight is 510 g/mol. The van der Waals surface area contributed by atoms with Gasteiger partial charge in [-0.15, -0.1) is 0 Å². The van der Waals surface area contributed by atoms with E-state index in [1.165, 1.54) is 6.07 Å². The summed E-state index contributed by atoms with van der Waals surface area (Å²) < 4.78 is 30.1. The molecule has 3 aromatic carbocycles. The SMILES string of the molecule is N[C@H]1CC[C@H](Nc2ncc3cc(-c4ccc(N[S+]([O-])c5ccccc5Cl)c(F)c4)ccc3n2)CC1. The minimum Gasteiger partial charge on any atom is -0.588 e. The average Bonchev–Trinajstić information content (AvgIpc) is 2.86. The zero-order chi connectivity index (χ0) is 24.4. The zero-order valence-corrected chi connectivity index (χ0v) is 20.5. The molecular weight excluding hydrogens is 485 g/mol. The van der Waals surface area contributed by atoms with Gasteiger partial charge in [-0.2, -0.15) is 0 Å². The maximum absolute atomic E-state index is 14.9. The van der Waals surface area contributed by atoms with Gasteiger partial charge in [0, 0.05) is 23.7 Å². The van der Waals surface area contributed by atoms with Crippen LogP contribution in [0.4, 0.5) is 16.0 Å². The lowest BCUT2D eigenvalue weighted by molar-refractivity contribution is 0.410. The quantitative estimate of drug-likeness (QED) is 0.280. The molecule has 1 heterocycles. The van der Waals surface area contributed by atoms with Crippen molar-refractivity contribution < 1.29 is 8.94 Å². The first-order valence-corrected chi connectivity index (χ1v) is 13.0. The highest BCUT2D eigenvalue weighted by atomic mass is 35.5. The Labute approximate surface area is 211 Å². The maximum Gasteiger partial charge on any atom is 0.223 e. The van der Waals surface area contributed by atoms with Crippen molar-refractivity contribution in [2.24, 2.45) is 5.73 Å². The maximum atomic E-state index is 14.9. The highest BCUT2D eigenvalue weighted by Crippen LogP contribution is 2.29. The van der Waals surface area contributed by atoms with Crippen LogP contribution in [0, 0.1) is 5.82 Å². The number of hydrogen-bond donors (Lipinski definition) is 3. The summed E-state index contributed by atoms with van der Waals surface area (Å²) in [6.07, 6.45) is 5.83. The zero-order valence-electron chi connectivity index (χ0n) is 18.9. The fourth-order valence-corrected chi connectivity index (χ4v) is 5.52. The van der Waals surface area contributed by atoms with E-state index in [1.54, 1.807) is 42.6 Å². The Hall–Kier alpha value is -2.91. The Balaban J connectivity index is 1.31. The van der Waals surface area contributed by atoms with Gasteiger partial charge in [0.05, 0.1) is 10.5 Å². The third kappa shape index (κ3) is 5.51. The van der Waals surface area contributed by atoms with Crippen LogP contribution >= 0.6 is 11.6 Å². The Bertz CT molecular complexity index is 1350. The van der Waals surface area contributed by atoms with E-state index in [-0.39, 0.29) is 5.69 Å². The number of halogens is 2. The van der Waals surface area contributed by atoms with Crippen LogP contribution in [0.15, 0.2) is 71.8 Å². The van der Waals surface area contributed by atoms with Gasteiger partial charge in [0.2, 0.25) is 5.95 Å². The molecule has 0 bridgehead atoms. The van der Waals surface area contributed by atoms with Crippen LogP contribution in [-0.2, 0) is 11.4 Å². The topological polar surface area (TPSA) is 98.9 Å². The summed E-state index contributed by atoms with van der Waals surface area (Å²) in [7, 11) is 0. The second-order valence-corrected chi connectivity index (χ2v) is 10.3. The molecule has 1 atom stereocenters. The summed E-state index contributed by atoms with van der Waals surface area (Å²) in [5.41, 5.74) is 8.47. The number of nitrogens with one attached hydrogen (secondary N) is 2. The van der Waals surface area contributed by atoms with E-state index in [4.69, 9.17) is 17.3 Å². The molecule has 1 fully saturated rings. The molecule has 0 saturated heterocycles. The van der Waals surface area contributed by atoms with Crippen LogP contribution < -0.4 is 15.8 Å². The molecular formula is C26H25ClFN5OS. The number of nitrogens with two attached hydrogens (primary N) is 1. The summed E-state index contributed by atoms with van der Waals surface area (Å²) in [5, 5.41) is 4.64. The second-order valence-electron chi connectivity index (χ2n) is 8.72. The smallest absolute Gasteiger partial charge is 0.223 e. The van der Waals surface area contributed by atoms with Gasteiger partial charge in [0.15, 0.2) is 10.7 Å². The highest BCUT2D eigenvalue weighted by Gasteiger charge is 2.20. The molecule has 180 valence electrons. The molecule has 1 aliphatic carbocycles. The monoisotopic (exact) mass is 509 g/mol. The molecule has 1 saturated carbocycles. The van der Waals surface area contributed by atoms with Gasteiger partial charge in [0.25, 0.3) is 0 Å². The summed E-state index contributed by atoms with van der Waals surface area (Å²) >= 11 is 4.41. The van der Waals surface area contributed by atoms with Crippen molar-refractivity contribution in [1.29, 1.82) is 0 Å². The number of aromatic nitrogens is 2. The lowest BCUT2D eigenvalue weighted by Crippen LogP contribution is -2.33. The molecule has 0 aliphatic heterocycles. The predicted molar refractivity (Wildman–Crippen MR) is 140 cm³/mol. The molecule has 35 heavy (non-hydrogen) atoms. The van der Waals surface area contributed by atoms with Gasteiger partial charge in [-0.3, -0.25) is 0 Å². The number of rotatable bonds is 6. The fourth-order valence-electron chi connectivity index (χ4n) is 4.26. The Morgan fingerprint density at radius 2 is 1.74 bits per heavy atom. The Kier molecular flexibility index (Phi) is 7.06. The van der Waals surface area contributed by atoms with Crippen molar-refractivity contribution >= 4 is 45.5 Å². The number of fused-ring (bicyclic) bond motifs is 1. The van der Waals surface area contributed by atoms with Gasteiger partial charge in [-0.25, -0.2) is 19.1 Å². The molecule has 4 N–H and O–H groups in total. The molecule has 0 spiro atoms. The van der Waals surface area contributed by atoms with E-state index in [0.717, 1.165) is 42.1 Å². The number of hydrogen-bond acceptors (Lipinski definition) is 6. The number of benzene rings is 3. The molecule has 6 nitrogen and oxygen atoms in total. The van der Waals surface area contributed by atoms with E-state index in [1.807, 2.05) is 18.2 Å². The van der Waals surface area contributed by atoms with Crippen molar-refractivity contribution in [3.05, 3.63) is 77.7 Å². The van der Waals surface area contributed by atoms with Crippen molar-refractivity contribution in [2.75, 3.05) is 10.0 Å². The van der Waals surface area contributed by atoms with Gasteiger partial charge in [0.1, 0.15) is 17.0 Å². The summed E-state index contributed by atoms with van der Waals surface area (Å²) in [4.78, 5) is 9.51. The van der Waals surface area contributed by atoms with Crippen LogP contribution in [0.2, 0.25) is 5.02 Å². The van der Waals surface area contributed by atoms with Crippen LogP contribution in [-0.4, -0.2) is 26.6 Å².